The third kappa shape index (κ3) is 3.94. The molecule has 1 aromatic heterocycles. The fraction of sp³-hybridized carbons (Fsp3) is 0.333. The van der Waals surface area contributed by atoms with E-state index in [1.807, 2.05) is 11.9 Å². The van der Waals surface area contributed by atoms with Gasteiger partial charge < -0.3 is 15.0 Å². The van der Waals surface area contributed by atoms with Crippen molar-refractivity contribution in [3.8, 4) is 0 Å². The van der Waals surface area contributed by atoms with E-state index in [-0.39, 0.29) is 35.6 Å². The smallest absolute Gasteiger partial charge is 0.270 e. The van der Waals surface area contributed by atoms with E-state index in [9.17, 15) is 19.1 Å². The molecule has 7 heteroatoms. The summed E-state index contributed by atoms with van der Waals surface area (Å²) in [5.74, 6) is -0.602. The quantitative estimate of drug-likeness (QED) is 0.861. The molecule has 0 spiro atoms. The number of nitrogens with one attached hydrogen (secondary N) is 1. The van der Waals surface area contributed by atoms with Crippen LogP contribution in [0.5, 0.6) is 0 Å². The van der Waals surface area contributed by atoms with E-state index in [4.69, 9.17) is 0 Å². The van der Waals surface area contributed by atoms with Crippen molar-refractivity contribution in [1.82, 2.24) is 14.8 Å². The molecule has 132 valence electrons. The number of rotatable bonds is 4. The second-order valence-electron chi connectivity index (χ2n) is 6.32. The first kappa shape index (κ1) is 17.3. The van der Waals surface area contributed by atoms with Gasteiger partial charge in [-0.05, 0) is 30.8 Å². The summed E-state index contributed by atoms with van der Waals surface area (Å²) >= 11 is 0. The number of aromatic nitrogens is 1. The highest BCUT2D eigenvalue weighted by atomic mass is 19.1. The van der Waals surface area contributed by atoms with Crippen LogP contribution in [-0.4, -0.2) is 58.1 Å². The molecule has 0 aliphatic carbocycles. The molecule has 1 aliphatic rings. The van der Waals surface area contributed by atoms with Crippen molar-refractivity contribution in [3.63, 3.8) is 0 Å². The Labute approximate surface area is 144 Å². The highest BCUT2D eigenvalue weighted by Crippen LogP contribution is 2.19. The summed E-state index contributed by atoms with van der Waals surface area (Å²) in [6, 6.07) is 10.4. The van der Waals surface area contributed by atoms with E-state index in [0.717, 1.165) is 5.56 Å². The standard InChI is InChI=1S/C18H20FN3O3/c1-21(9-12-5-7-13(19)8-6-12)15-10-22(11-16(15)23)18(25)14-3-2-4-17(24)20-14/h2-8,15-16,23H,9-11H2,1H3,(H,20,24)/t15-,16-/m1/s1. The average molecular weight is 345 g/mol. The number of halogens is 1. The zero-order valence-electron chi connectivity index (χ0n) is 13.9. The van der Waals surface area contributed by atoms with Crippen molar-refractivity contribution in [2.45, 2.75) is 18.7 Å². The van der Waals surface area contributed by atoms with Gasteiger partial charge in [0.15, 0.2) is 0 Å². The fourth-order valence-electron chi connectivity index (χ4n) is 3.11. The Morgan fingerprint density at radius 3 is 2.68 bits per heavy atom. The normalized spacial score (nSPS) is 20.2. The van der Waals surface area contributed by atoms with Crippen LogP contribution in [0.4, 0.5) is 4.39 Å². The van der Waals surface area contributed by atoms with Crippen LogP contribution in [-0.2, 0) is 6.54 Å². The van der Waals surface area contributed by atoms with Crippen LogP contribution in [0.2, 0.25) is 0 Å². The lowest BCUT2D eigenvalue weighted by Crippen LogP contribution is -2.40. The van der Waals surface area contributed by atoms with Gasteiger partial charge in [-0.3, -0.25) is 14.5 Å². The van der Waals surface area contributed by atoms with Crippen LogP contribution in [0.1, 0.15) is 16.1 Å². The molecule has 0 radical (unpaired) electrons. The summed E-state index contributed by atoms with van der Waals surface area (Å²) in [6.07, 6.45) is -0.690. The Morgan fingerprint density at radius 1 is 1.28 bits per heavy atom. The van der Waals surface area contributed by atoms with Gasteiger partial charge in [-0.15, -0.1) is 0 Å². The Kier molecular flexibility index (Phi) is 4.96. The number of aliphatic hydroxyl groups excluding tert-OH is 1. The number of likely N-dealkylation sites (N-methyl/N-ethyl adjacent to an activating group) is 1. The monoisotopic (exact) mass is 345 g/mol. The molecule has 0 unspecified atom stereocenters. The molecule has 1 saturated heterocycles. The minimum Gasteiger partial charge on any atom is -0.390 e. The molecular weight excluding hydrogens is 325 g/mol. The molecule has 1 amide bonds. The molecular formula is C18H20FN3O3. The van der Waals surface area contributed by atoms with Gasteiger partial charge in [-0.25, -0.2) is 4.39 Å². The molecule has 1 aliphatic heterocycles. The molecule has 2 heterocycles. The number of aromatic amines is 1. The summed E-state index contributed by atoms with van der Waals surface area (Å²) in [5, 5.41) is 10.3. The zero-order valence-corrected chi connectivity index (χ0v) is 13.9. The van der Waals surface area contributed by atoms with E-state index in [2.05, 4.69) is 4.98 Å². The number of aliphatic hydroxyl groups is 1. The highest BCUT2D eigenvalue weighted by Gasteiger charge is 2.36. The number of carbonyl (C=O) groups is 1. The van der Waals surface area contributed by atoms with Crippen LogP contribution >= 0.6 is 0 Å². The van der Waals surface area contributed by atoms with Gasteiger partial charge >= 0.3 is 0 Å². The Hall–Kier alpha value is -2.51. The molecule has 2 atom stereocenters. The Bertz CT molecular complexity index is 806. The van der Waals surface area contributed by atoms with Gasteiger partial charge in [0.25, 0.3) is 5.91 Å². The first-order valence-electron chi connectivity index (χ1n) is 8.05. The van der Waals surface area contributed by atoms with E-state index < -0.39 is 6.10 Å². The van der Waals surface area contributed by atoms with E-state index in [1.54, 1.807) is 18.2 Å². The number of pyridine rings is 1. The van der Waals surface area contributed by atoms with Crippen LogP contribution in [0.3, 0.4) is 0 Å². The number of β-amino-alcohol motifs (C(OH)–C–C–N with tert-alkyl or cyclic N) is 1. The minimum absolute atomic E-state index is 0.203. The predicted octanol–water partition coefficient (Wildman–Crippen LogP) is 0.831. The first-order chi connectivity index (χ1) is 11.9. The van der Waals surface area contributed by atoms with Crippen molar-refractivity contribution in [2.24, 2.45) is 0 Å². The summed E-state index contributed by atoms with van der Waals surface area (Å²) in [4.78, 5) is 29.8. The summed E-state index contributed by atoms with van der Waals surface area (Å²) in [5.41, 5.74) is 0.797. The maximum absolute atomic E-state index is 13.0. The average Bonchev–Trinajstić information content (AvgIpc) is 2.98. The van der Waals surface area contributed by atoms with Gasteiger partial charge in [-0.2, -0.15) is 0 Å². The van der Waals surface area contributed by atoms with Gasteiger partial charge in [-0.1, -0.05) is 18.2 Å². The lowest BCUT2D eigenvalue weighted by atomic mass is 10.1. The Balaban J connectivity index is 1.67. The predicted molar refractivity (Wildman–Crippen MR) is 90.6 cm³/mol. The third-order valence-corrected chi connectivity index (χ3v) is 4.46. The largest absolute Gasteiger partial charge is 0.390 e. The van der Waals surface area contributed by atoms with E-state index in [0.29, 0.717) is 13.1 Å². The van der Waals surface area contributed by atoms with Crippen molar-refractivity contribution >= 4 is 5.91 Å². The van der Waals surface area contributed by atoms with E-state index >= 15 is 0 Å². The van der Waals surface area contributed by atoms with Gasteiger partial charge in [0.05, 0.1) is 12.1 Å². The highest BCUT2D eigenvalue weighted by molar-refractivity contribution is 5.92. The topological polar surface area (TPSA) is 76.6 Å². The van der Waals surface area contributed by atoms with Crippen molar-refractivity contribution < 1.29 is 14.3 Å². The number of hydrogen-bond donors (Lipinski definition) is 2. The zero-order chi connectivity index (χ0) is 18.0. The number of likely N-dealkylation sites (tertiary alicyclic amines) is 1. The lowest BCUT2D eigenvalue weighted by Gasteiger charge is -2.26. The maximum Gasteiger partial charge on any atom is 0.270 e. The molecule has 2 N–H and O–H groups in total. The van der Waals surface area contributed by atoms with Crippen LogP contribution in [0.15, 0.2) is 47.3 Å². The number of carbonyl (C=O) groups excluding carboxylic acids is 1. The summed E-state index contributed by atoms with van der Waals surface area (Å²) in [7, 11) is 1.86. The SMILES string of the molecule is CN(Cc1ccc(F)cc1)[C@@H]1CN(C(=O)c2cccc(=O)[nH]2)C[C@H]1O. The van der Waals surface area contributed by atoms with Crippen LogP contribution in [0, 0.1) is 5.82 Å². The molecule has 0 saturated carbocycles. The van der Waals surface area contributed by atoms with Gasteiger partial charge in [0.1, 0.15) is 11.5 Å². The fourth-order valence-corrected chi connectivity index (χ4v) is 3.11. The Morgan fingerprint density at radius 2 is 2.00 bits per heavy atom. The summed E-state index contributed by atoms with van der Waals surface area (Å²) < 4.78 is 13.0. The van der Waals surface area contributed by atoms with Crippen molar-refractivity contribution in [1.29, 1.82) is 0 Å². The minimum atomic E-state index is -0.690. The van der Waals surface area contributed by atoms with Crippen LogP contribution < -0.4 is 5.56 Å². The van der Waals surface area contributed by atoms with E-state index in [1.165, 1.54) is 29.2 Å². The molecule has 25 heavy (non-hydrogen) atoms. The molecule has 1 fully saturated rings. The second-order valence-corrected chi connectivity index (χ2v) is 6.32. The number of hydrogen-bond acceptors (Lipinski definition) is 4. The second kappa shape index (κ2) is 7.16. The number of nitrogens with zero attached hydrogens (tertiary/aromatic N) is 2. The van der Waals surface area contributed by atoms with Crippen molar-refractivity contribution in [2.75, 3.05) is 20.1 Å². The third-order valence-electron chi connectivity index (χ3n) is 4.46. The van der Waals surface area contributed by atoms with Crippen LogP contribution in [0.25, 0.3) is 0 Å². The number of amides is 1. The first-order valence-corrected chi connectivity index (χ1v) is 8.05. The van der Waals surface area contributed by atoms with Crippen molar-refractivity contribution in [3.05, 3.63) is 69.9 Å². The number of H-pyrrole nitrogens is 1. The summed E-state index contributed by atoms with van der Waals surface area (Å²) in [6.45, 7) is 1.09. The lowest BCUT2D eigenvalue weighted by molar-refractivity contribution is 0.0757. The molecule has 0 bridgehead atoms. The molecule has 1 aromatic carbocycles. The molecule has 3 rings (SSSR count). The number of benzene rings is 1. The van der Waals surface area contributed by atoms with Gasteiger partial charge in [0.2, 0.25) is 5.56 Å². The van der Waals surface area contributed by atoms with Gasteiger partial charge in [0, 0.05) is 25.7 Å². The molecule has 2 aromatic rings. The molecule has 6 nitrogen and oxygen atoms in total. The maximum atomic E-state index is 13.0.